The lowest BCUT2D eigenvalue weighted by atomic mass is 9.77. The fourth-order valence-corrected chi connectivity index (χ4v) is 9.09. The Bertz CT molecular complexity index is 1360. The van der Waals surface area contributed by atoms with E-state index in [9.17, 15) is 4.79 Å². The van der Waals surface area contributed by atoms with Crippen molar-refractivity contribution in [1.82, 2.24) is 5.06 Å². The van der Waals surface area contributed by atoms with Crippen molar-refractivity contribution in [2.75, 3.05) is 34.5 Å². The summed E-state index contributed by atoms with van der Waals surface area (Å²) in [6.07, 6.45) is 0.491. The van der Waals surface area contributed by atoms with Crippen LogP contribution < -0.4 is 4.74 Å². The number of carbonyl (C=O) groups is 1. The van der Waals surface area contributed by atoms with Crippen LogP contribution in [-0.4, -0.2) is 97.9 Å². The van der Waals surface area contributed by atoms with Crippen LogP contribution in [0.3, 0.4) is 0 Å². The summed E-state index contributed by atoms with van der Waals surface area (Å²) in [5.41, 5.74) is 0.429. The average Bonchev–Trinajstić information content (AvgIpc) is 3.74. The van der Waals surface area contributed by atoms with E-state index in [2.05, 4.69) is 88.2 Å². The van der Waals surface area contributed by atoms with E-state index in [0.717, 1.165) is 11.3 Å². The molecule has 0 radical (unpaired) electrons. The molecule has 53 heavy (non-hydrogen) atoms. The quantitative estimate of drug-likeness (QED) is 0.0627. The van der Waals surface area contributed by atoms with Crippen LogP contribution in [0.4, 0.5) is 0 Å². The molecule has 2 saturated heterocycles. The van der Waals surface area contributed by atoms with Crippen molar-refractivity contribution >= 4 is 22.5 Å². The van der Waals surface area contributed by atoms with E-state index in [1.54, 1.807) is 14.2 Å². The molecular weight excluding hydrogens is 707 g/mol. The number of amides is 1. The Morgan fingerprint density at radius 2 is 1.53 bits per heavy atom. The largest absolute Gasteiger partial charge is 0.497 e. The van der Waals surface area contributed by atoms with Gasteiger partial charge in [0, 0.05) is 31.4 Å². The van der Waals surface area contributed by atoms with Gasteiger partial charge >= 0.3 is 0 Å². The van der Waals surface area contributed by atoms with Gasteiger partial charge in [-0.15, -0.1) is 6.58 Å². The highest BCUT2D eigenvalue weighted by Crippen LogP contribution is 2.53. The van der Waals surface area contributed by atoms with Gasteiger partial charge in [0.1, 0.15) is 11.4 Å². The number of hydroxylamine groups is 2. The van der Waals surface area contributed by atoms with E-state index in [4.69, 9.17) is 37.4 Å². The number of epoxide rings is 1. The average molecular weight is 780 g/mol. The Morgan fingerprint density at radius 1 is 0.943 bits per heavy atom. The smallest absolute Gasteiger partial charge is 0.248 e. The zero-order chi connectivity index (χ0) is 40.4. The summed E-state index contributed by atoms with van der Waals surface area (Å²) in [6.45, 7) is 36.5. The van der Waals surface area contributed by atoms with Gasteiger partial charge in [0.05, 0.1) is 58.3 Å². The van der Waals surface area contributed by atoms with E-state index in [0.29, 0.717) is 19.8 Å². The molecule has 304 valence electrons. The number of benzene rings is 1. The minimum absolute atomic E-state index is 0.0150. The summed E-state index contributed by atoms with van der Waals surface area (Å²) in [6, 6.07) is 7.95. The molecule has 0 spiro atoms. The standard InChI is InChI=1S/C41H73NO9Si2/c1-19-31-33(24-34(43)42(12)45-14)48-40(9,10)49-35(31)32(27-47-52(15,16)38(3,4)5)37(51-53(17,18)39(6,7)8)41(11)36(50-41)28(2)25-46-26-29-20-22-30(44-13)23-21-29/h19-23,28,31-33,35-37H,1,24-27H2,2-18H3/t28-,31-,32-,33+,35+,36+,37-,41?/m0/s1. The third-order valence-corrected chi connectivity index (χ3v) is 21.2. The van der Waals surface area contributed by atoms with Crippen LogP contribution in [0, 0.1) is 17.8 Å². The maximum Gasteiger partial charge on any atom is 0.248 e. The molecule has 0 aliphatic carbocycles. The summed E-state index contributed by atoms with van der Waals surface area (Å²) in [5.74, 6) is -0.913. The number of hydrogen-bond acceptors (Lipinski definition) is 9. The van der Waals surface area contributed by atoms with Crippen molar-refractivity contribution in [1.29, 1.82) is 0 Å². The Labute approximate surface area is 323 Å². The van der Waals surface area contributed by atoms with Gasteiger partial charge in [0.2, 0.25) is 5.91 Å². The maximum atomic E-state index is 13.3. The molecule has 0 aromatic heterocycles. The summed E-state index contributed by atoms with van der Waals surface area (Å²) in [4.78, 5) is 18.5. The Morgan fingerprint density at radius 3 is 2.04 bits per heavy atom. The molecule has 0 bridgehead atoms. The minimum Gasteiger partial charge on any atom is -0.497 e. The number of hydrogen-bond donors (Lipinski definition) is 0. The van der Waals surface area contributed by atoms with Gasteiger partial charge in [-0.1, -0.05) is 66.7 Å². The fraction of sp³-hybridized carbons (Fsp3) is 0.780. The van der Waals surface area contributed by atoms with Crippen molar-refractivity contribution in [2.24, 2.45) is 17.8 Å². The number of nitrogens with zero attached hydrogens (tertiary/aromatic N) is 1. The highest BCUT2D eigenvalue weighted by Gasteiger charge is 2.65. The lowest BCUT2D eigenvalue weighted by molar-refractivity contribution is -0.329. The summed E-state index contributed by atoms with van der Waals surface area (Å²) in [7, 11) is 0.115. The molecule has 2 heterocycles. The van der Waals surface area contributed by atoms with Gasteiger partial charge in [-0.3, -0.25) is 9.63 Å². The second kappa shape index (κ2) is 17.3. The first-order valence-electron chi connectivity index (χ1n) is 19.2. The summed E-state index contributed by atoms with van der Waals surface area (Å²) in [5, 5.41) is 1.15. The molecule has 2 aliphatic heterocycles. The van der Waals surface area contributed by atoms with Crippen LogP contribution in [0.15, 0.2) is 36.9 Å². The molecule has 1 unspecified atom stereocenters. The Hall–Kier alpha value is -1.62. The molecule has 10 nitrogen and oxygen atoms in total. The van der Waals surface area contributed by atoms with Crippen molar-refractivity contribution in [3.63, 3.8) is 0 Å². The first-order valence-corrected chi connectivity index (χ1v) is 25.0. The molecule has 1 aromatic carbocycles. The number of carbonyl (C=O) groups excluding carboxylic acids is 1. The lowest BCUT2D eigenvalue weighted by Gasteiger charge is -2.51. The van der Waals surface area contributed by atoms with Crippen molar-refractivity contribution in [2.45, 2.75) is 154 Å². The zero-order valence-electron chi connectivity index (χ0n) is 36.1. The van der Waals surface area contributed by atoms with Crippen LogP contribution >= 0.6 is 0 Å². The topological polar surface area (TPSA) is 97.5 Å². The molecule has 1 aromatic rings. The predicted octanol–water partition coefficient (Wildman–Crippen LogP) is 8.77. The molecule has 2 aliphatic rings. The molecule has 3 rings (SSSR count). The van der Waals surface area contributed by atoms with E-state index >= 15 is 0 Å². The van der Waals surface area contributed by atoms with Gasteiger partial charge in [0.15, 0.2) is 22.4 Å². The molecule has 8 atom stereocenters. The van der Waals surface area contributed by atoms with Crippen LogP contribution in [0.25, 0.3) is 0 Å². The normalized spacial score (nSPS) is 26.7. The van der Waals surface area contributed by atoms with E-state index in [-0.39, 0.29) is 46.3 Å². The third kappa shape index (κ3) is 11.3. The molecular formula is C41H73NO9Si2. The number of rotatable bonds is 18. The van der Waals surface area contributed by atoms with Gasteiger partial charge in [-0.05, 0) is 74.7 Å². The maximum absolute atomic E-state index is 13.3. The van der Waals surface area contributed by atoms with Gasteiger partial charge in [0.25, 0.3) is 0 Å². The van der Waals surface area contributed by atoms with Gasteiger partial charge in [-0.2, -0.15) is 0 Å². The first kappa shape index (κ1) is 45.8. The summed E-state index contributed by atoms with van der Waals surface area (Å²) < 4.78 is 46.5. The predicted molar refractivity (Wildman–Crippen MR) is 216 cm³/mol. The van der Waals surface area contributed by atoms with Crippen molar-refractivity contribution in [3.05, 3.63) is 42.5 Å². The second-order valence-electron chi connectivity index (χ2n) is 18.8. The van der Waals surface area contributed by atoms with Crippen molar-refractivity contribution < 1.29 is 42.2 Å². The highest BCUT2D eigenvalue weighted by molar-refractivity contribution is 6.74. The van der Waals surface area contributed by atoms with Gasteiger partial charge < -0.3 is 32.5 Å². The van der Waals surface area contributed by atoms with E-state index in [1.807, 2.05) is 44.2 Å². The van der Waals surface area contributed by atoms with Crippen LogP contribution in [0.2, 0.25) is 36.3 Å². The van der Waals surface area contributed by atoms with Crippen LogP contribution in [-0.2, 0) is 44.0 Å². The monoisotopic (exact) mass is 779 g/mol. The number of ether oxygens (including phenoxy) is 5. The van der Waals surface area contributed by atoms with E-state index < -0.39 is 46.3 Å². The third-order valence-electron chi connectivity index (χ3n) is 12.2. The van der Waals surface area contributed by atoms with Crippen LogP contribution in [0.5, 0.6) is 5.75 Å². The highest BCUT2D eigenvalue weighted by atomic mass is 28.4. The van der Waals surface area contributed by atoms with E-state index in [1.165, 1.54) is 12.2 Å². The molecule has 1 amide bonds. The second-order valence-corrected chi connectivity index (χ2v) is 28.4. The Balaban J connectivity index is 2.07. The molecule has 0 N–H and O–H groups in total. The van der Waals surface area contributed by atoms with Gasteiger partial charge in [-0.25, -0.2) is 5.06 Å². The fourth-order valence-electron chi connectivity index (χ4n) is 6.65. The Kier molecular flexibility index (Phi) is 14.9. The molecule has 0 saturated carbocycles. The molecule has 12 heteroatoms. The first-order chi connectivity index (χ1) is 24.2. The SMILES string of the molecule is C=C[C@@H]1[C@H]([C@H](CO[Si](C)(C)C(C)(C)C)[C@H](O[Si](C)(C)C(C)(C)C)C2(C)O[C@@H]2[C@@H](C)COCc2ccc(OC)cc2)OC(C)(C)O[C@@H]1CC(=O)N(C)OC. The van der Waals surface area contributed by atoms with Crippen molar-refractivity contribution in [3.8, 4) is 5.75 Å². The summed E-state index contributed by atoms with van der Waals surface area (Å²) >= 11 is 0. The zero-order valence-corrected chi connectivity index (χ0v) is 38.1. The van der Waals surface area contributed by atoms with Crippen LogP contribution in [0.1, 0.15) is 81.2 Å². The minimum atomic E-state index is -2.40. The number of methoxy groups -OCH3 is 1. The lowest BCUT2D eigenvalue weighted by Crippen LogP contribution is -2.61. The molecule has 2 fully saturated rings.